The fourth-order valence-electron chi connectivity index (χ4n) is 5.90. The van der Waals surface area contributed by atoms with Crippen molar-refractivity contribution >= 4 is 0 Å². The molecule has 3 aliphatic rings. The maximum absolute atomic E-state index is 10.2. The number of hydrogen-bond donors (Lipinski definition) is 1. The number of rotatable bonds is 1. The summed E-state index contributed by atoms with van der Waals surface area (Å²) in [6, 6.07) is 2.80. The van der Waals surface area contributed by atoms with Crippen molar-refractivity contribution in [3.63, 3.8) is 0 Å². The van der Waals surface area contributed by atoms with E-state index >= 15 is 0 Å². The molecule has 1 heterocycles. The highest BCUT2D eigenvalue weighted by atomic mass is 16.3. The Morgan fingerprint density at radius 3 is 2.75 bits per heavy atom. The van der Waals surface area contributed by atoms with E-state index in [1.54, 1.807) is 0 Å². The fourth-order valence-corrected chi connectivity index (χ4v) is 5.90. The molecule has 4 atom stereocenters. The van der Waals surface area contributed by atoms with Gasteiger partial charge in [-0.25, -0.2) is 0 Å². The summed E-state index contributed by atoms with van der Waals surface area (Å²) in [5, 5.41) is 10.2. The van der Waals surface area contributed by atoms with E-state index in [0.717, 1.165) is 25.2 Å². The van der Waals surface area contributed by atoms with Crippen LogP contribution in [0, 0.1) is 16.7 Å². The van der Waals surface area contributed by atoms with Gasteiger partial charge in [-0.2, -0.15) is 0 Å². The smallest absolute Gasteiger partial charge is 0.0807 e. The Hall–Kier alpha value is -0.760. The number of aliphatic hydroxyl groups is 1. The summed E-state index contributed by atoms with van der Waals surface area (Å²) in [6.07, 6.45) is 9.43. The number of nitrogens with zero attached hydrogens (tertiary/aromatic N) is 1. The zero-order valence-corrected chi connectivity index (χ0v) is 13.0. The minimum absolute atomic E-state index is 0.227. The Morgan fingerprint density at radius 1 is 1.25 bits per heavy atom. The Bertz CT molecular complexity index is 539. The van der Waals surface area contributed by atoms with Gasteiger partial charge in [-0.05, 0) is 61.3 Å². The van der Waals surface area contributed by atoms with Crippen LogP contribution in [-0.2, 0) is 6.42 Å². The van der Waals surface area contributed by atoms with E-state index in [2.05, 4.69) is 37.6 Å². The normalized spacial score (nSPS) is 41.9. The molecule has 2 nitrogen and oxygen atoms in total. The Kier molecular flexibility index (Phi) is 2.53. The van der Waals surface area contributed by atoms with Gasteiger partial charge < -0.3 is 9.67 Å². The molecule has 2 saturated carbocycles. The van der Waals surface area contributed by atoms with Crippen LogP contribution in [0.2, 0.25) is 0 Å². The zero-order chi connectivity index (χ0) is 14.1. The van der Waals surface area contributed by atoms with Crippen molar-refractivity contribution < 1.29 is 5.11 Å². The molecule has 2 bridgehead atoms. The summed E-state index contributed by atoms with van der Waals surface area (Å²) >= 11 is 0. The summed E-state index contributed by atoms with van der Waals surface area (Å²) in [4.78, 5) is 0. The summed E-state index contributed by atoms with van der Waals surface area (Å²) in [5.74, 6) is 0.879. The van der Waals surface area contributed by atoms with Gasteiger partial charge in [0.2, 0.25) is 0 Å². The molecular formula is C18H27NO. The van der Waals surface area contributed by atoms with Gasteiger partial charge >= 0.3 is 0 Å². The molecule has 2 fully saturated rings. The van der Waals surface area contributed by atoms with Crippen LogP contribution in [-0.4, -0.2) is 9.67 Å². The third-order valence-corrected chi connectivity index (χ3v) is 6.78. The molecule has 4 unspecified atom stereocenters. The molecule has 0 aromatic carbocycles. The molecule has 110 valence electrons. The first-order valence-corrected chi connectivity index (χ1v) is 8.31. The SMILES string of the molecule is CC12CCC(C1)C(C)(C)C2n1ccc2c1CCCC2O. The van der Waals surface area contributed by atoms with Crippen molar-refractivity contribution in [2.75, 3.05) is 0 Å². The summed E-state index contributed by atoms with van der Waals surface area (Å²) in [6.45, 7) is 7.44. The molecule has 0 saturated heterocycles. The Morgan fingerprint density at radius 2 is 2.05 bits per heavy atom. The summed E-state index contributed by atoms with van der Waals surface area (Å²) in [7, 11) is 0. The molecule has 3 aliphatic carbocycles. The van der Waals surface area contributed by atoms with Crippen molar-refractivity contribution in [3.05, 3.63) is 23.5 Å². The van der Waals surface area contributed by atoms with Gasteiger partial charge in [-0.3, -0.25) is 0 Å². The first kappa shape index (κ1) is 12.9. The second-order valence-electron chi connectivity index (χ2n) is 8.35. The van der Waals surface area contributed by atoms with E-state index in [1.165, 1.54) is 30.5 Å². The van der Waals surface area contributed by atoms with Gasteiger partial charge in [-0.15, -0.1) is 0 Å². The van der Waals surface area contributed by atoms with Crippen LogP contribution < -0.4 is 0 Å². The summed E-state index contributed by atoms with van der Waals surface area (Å²) < 4.78 is 2.57. The molecule has 1 N–H and O–H groups in total. The molecule has 1 aromatic heterocycles. The highest BCUT2D eigenvalue weighted by molar-refractivity contribution is 5.30. The second kappa shape index (κ2) is 3.91. The molecular weight excluding hydrogens is 246 g/mol. The molecule has 0 amide bonds. The number of fused-ring (bicyclic) bond motifs is 3. The van der Waals surface area contributed by atoms with Gasteiger partial charge in [0.15, 0.2) is 0 Å². The van der Waals surface area contributed by atoms with Crippen LogP contribution in [0.25, 0.3) is 0 Å². The van der Waals surface area contributed by atoms with Crippen LogP contribution in [0.1, 0.15) is 76.3 Å². The highest BCUT2D eigenvalue weighted by Gasteiger charge is 2.60. The van der Waals surface area contributed by atoms with E-state index in [0.29, 0.717) is 16.9 Å². The first-order valence-electron chi connectivity index (χ1n) is 8.31. The minimum atomic E-state index is -0.227. The zero-order valence-electron chi connectivity index (χ0n) is 13.0. The Balaban J connectivity index is 1.82. The number of aliphatic hydroxyl groups excluding tert-OH is 1. The lowest BCUT2D eigenvalue weighted by atomic mass is 9.68. The van der Waals surface area contributed by atoms with Crippen LogP contribution in [0.4, 0.5) is 0 Å². The van der Waals surface area contributed by atoms with Crippen molar-refractivity contribution in [3.8, 4) is 0 Å². The van der Waals surface area contributed by atoms with E-state index in [-0.39, 0.29) is 6.10 Å². The van der Waals surface area contributed by atoms with Crippen LogP contribution >= 0.6 is 0 Å². The quantitative estimate of drug-likeness (QED) is 0.813. The molecule has 4 rings (SSSR count). The second-order valence-corrected chi connectivity index (χ2v) is 8.35. The molecule has 2 heteroatoms. The largest absolute Gasteiger partial charge is 0.388 e. The summed E-state index contributed by atoms with van der Waals surface area (Å²) in [5.41, 5.74) is 3.49. The van der Waals surface area contributed by atoms with E-state index in [1.807, 2.05) is 0 Å². The molecule has 0 aliphatic heterocycles. The topological polar surface area (TPSA) is 25.2 Å². The lowest BCUT2D eigenvalue weighted by Crippen LogP contribution is -2.38. The molecule has 20 heavy (non-hydrogen) atoms. The fraction of sp³-hybridized carbons (Fsp3) is 0.778. The van der Waals surface area contributed by atoms with Crippen molar-refractivity contribution in [1.29, 1.82) is 0 Å². The van der Waals surface area contributed by atoms with Crippen molar-refractivity contribution in [2.45, 2.75) is 71.4 Å². The molecule has 0 spiro atoms. The van der Waals surface area contributed by atoms with Crippen LogP contribution in [0.3, 0.4) is 0 Å². The average Bonchev–Trinajstić information content (AvgIpc) is 3.00. The van der Waals surface area contributed by atoms with Crippen LogP contribution in [0.5, 0.6) is 0 Å². The lowest BCUT2D eigenvalue weighted by Gasteiger charge is -2.45. The highest BCUT2D eigenvalue weighted by Crippen LogP contribution is 2.68. The average molecular weight is 273 g/mol. The van der Waals surface area contributed by atoms with Crippen molar-refractivity contribution in [2.24, 2.45) is 16.7 Å². The number of hydrogen-bond acceptors (Lipinski definition) is 1. The minimum Gasteiger partial charge on any atom is -0.388 e. The third kappa shape index (κ3) is 1.49. The van der Waals surface area contributed by atoms with Gasteiger partial charge in [0.25, 0.3) is 0 Å². The number of aromatic nitrogens is 1. The maximum Gasteiger partial charge on any atom is 0.0807 e. The van der Waals surface area contributed by atoms with Crippen LogP contribution in [0.15, 0.2) is 12.3 Å². The Labute approximate surface area is 122 Å². The van der Waals surface area contributed by atoms with Crippen molar-refractivity contribution in [1.82, 2.24) is 4.57 Å². The third-order valence-electron chi connectivity index (χ3n) is 6.78. The van der Waals surface area contributed by atoms with E-state index in [9.17, 15) is 5.11 Å². The van der Waals surface area contributed by atoms with Gasteiger partial charge in [0.1, 0.15) is 0 Å². The predicted octanol–water partition coefficient (Wildman–Crippen LogP) is 4.25. The first-order chi connectivity index (χ1) is 9.43. The maximum atomic E-state index is 10.2. The predicted molar refractivity (Wildman–Crippen MR) is 80.6 cm³/mol. The molecule has 1 aromatic rings. The molecule has 0 radical (unpaired) electrons. The van der Waals surface area contributed by atoms with E-state index < -0.39 is 0 Å². The van der Waals surface area contributed by atoms with Gasteiger partial charge in [-0.1, -0.05) is 20.8 Å². The van der Waals surface area contributed by atoms with E-state index in [4.69, 9.17) is 0 Å². The standard InChI is InChI=1S/C18H27NO/c1-17(2)12-7-9-18(3,11-12)16(17)19-10-8-13-14(19)5-4-6-15(13)20/h8,10,12,15-16,20H,4-7,9,11H2,1-3H3. The van der Waals surface area contributed by atoms with Gasteiger partial charge in [0.05, 0.1) is 6.10 Å². The monoisotopic (exact) mass is 273 g/mol. The lowest BCUT2D eigenvalue weighted by molar-refractivity contribution is 0.0793. The van der Waals surface area contributed by atoms with Gasteiger partial charge in [0, 0.05) is 23.5 Å².